The smallest absolute Gasteiger partial charge is 0.257 e. The summed E-state index contributed by atoms with van der Waals surface area (Å²) in [6.45, 7) is 1.09. The number of carbonyl (C=O) groups is 1. The van der Waals surface area contributed by atoms with E-state index in [1.165, 1.54) is 29.6 Å². The molecule has 0 radical (unpaired) electrons. The average molecular weight is 473 g/mol. The van der Waals surface area contributed by atoms with Gasteiger partial charge in [-0.05, 0) is 35.9 Å². The number of ether oxygens (including phenoxy) is 2. The largest absolute Gasteiger partial charge is 0.486 e. The van der Waals surface area contributed by atoms with Crippen LogP contribution in [0, 0.1) is 0 Å². The number of benzene rings is 3. The van der Waals surface area contributed by atoms with Crippen LogP contribution in [0.15, 0.2) is 71.6 Å². The van der Waals surface area contributed by atoms with Crippen molar-refractivity contribution in [2.75, 3.05) is 25.6 Å². The number of carbonyl (C=O) groups excluding carboxylic acids is 1. The van der Waals surface area contributed by atoms with Crippen LogP contribution in [0.3, 0.4) is 0 Å². The fourth-order valence-corrected chi connectivity index (χ4v) is 4.65. The minimum atomic E-state index is -3.84. The SMILES string of the molecule is CN(Cc1ccccc1)S(=O)(=O)c1ccc(Cl)c(C(=O)Nc2ccc3c(c2)OCCO3)c1. The summed E-state index contributed by atoms with van der Waals surface area (Å²) in [6, 6.07) is 18.4. The standard InChI is InChI=1S/C23H21ClN2O5S/c1-26(15-16-5-3-2-4-6-16)32(28,29)18-8-9-20(24)19(14-18)23(27)25-17-7-10-21-22(13-17)31-12-11-30-21/h2-10,13-14H,11-12,15H2,1H3,(H,25,27). The molecule has 9 heteroatoms. The number of nitrogens with one attached hydrogen (secondary N) is 1. The summed E-state index contributed by atoms with van der Waals surface area (Å²) in [4.78, 5) is 12.8. The summed E-state index contributed by atoms with van der Waals surface area (Å²) < 4.78 is 38.4. The van der Waals surface area contributed by atoms with Crippen molar-refractivity contribution in [3.63, 3.8) is 0 Å². The van der Waals surface area contributed by atoms with E-state index in [1.807, 2.05) is 30.3 Å². The molecule has 0 bridgehead atoms. The van der Waals surface area contributed by atoms with Gasteiger partial charge < -0.3 is 14.8 Å². The summed E-state index contributed by atoms with van der Waals surface area (Å²) in [5.74, 6) is 0.593. The Bertz CT molecular complexity index is 1250. The van der Waals surface area contributed by atoms with Gasteiger partial charge in [-0.3, -0.25) is 4.79 Å². The van der Waals surface area contributed by atoms with Gasteiger partial charge in [0.25, 0.3) is 5.91 Å². The van der Waals surface area contributed by atoms with Crippen LogP contribution in [0.2, 0.25) is 5.02 Å². The third-order valence-corrected chi connectivity index (χ3v) is 7.07. The van der Waals surface area contributed by atoms with Gasteiger partial charge in [-0.25, -0.2) is 8.42 Å². The van der Waals surface area contributed by atoms with Crippen LogP contribution in [-0.4, -0.2) is 38.9 Å². The van der Waals surface area contributed by atoms with E-state index in [9.17, 15) is 13.2 Å². The van der Waals surface area contributed by atoms with E-state index < -0.39 is 15.9 Å². The molecule has 1 heterocycles. The van der Waals surface area contributed by atoms with E-state index in [4.69, 9.17) is 21.1 Å². The van der Waals surface area contributed by atoms with Crippen molar-refractivity contribution in [2.45, 2.75) is 11.4 Å². The number of amides is 1. The summed E-state index contributed by atoms with van der Waals surface area (Å²) in [6.07, 6.45) is 0. The zero-order valence-electron chi connectivity index (χ0n) is 17.2. The fraction of sp³-hybridized carbons (Fsp3) is 0.174. The summed E-state index contributed by atoms with van der Waals surface area (Å²) in [7, 11) is -2.34. The molecule has 0 atom stereocenters. The number of fused-ring (bicyclic) bond motifs is 1. The molecule has 3 aromatic rings. The molecule has 166 valence electrons. The van der Waals surface area contributed by atoms with Crippen LogP contribution in [0.25, 0.3) is 0 Å². The van der Waals surface area contributed by atoms with Crippen LogP contribution >= 0.6 is 11.6 Å². The molecule has 0 saturated heterocycles. The summed E-state index contributed by atoms with van der Waals surface area (Å²) in [5.41, 5.74) is 1.38. The quantitative estimate of drug-likeness (QED) is 0.581. The molecule has 0 unspecified atom stereocenters. The number of rotatable bonds is 6. The van der Waals surface area contributed by atoms with Crippen LogP contribution in [-0.2, 0) is 16.6 Å². The molecule has 0 spiro atoms. The molecule has 1 N–H and O–H groups in total. The van der Waals surface area contributed by atoms with Crippen LogP contribution in [0.1, 0.15) is 15.9 Å². The predicted molar refractivity (Wildman–Crippen MR) is 122 cm³/mol. The first-order valence-electron chi connectivity index (χ1n) is 9.85. The van der Waals surface area contributed by atoms with Crippen molar-refractivity contribution in [3.8, 4) is 11.5 Å². The predicted octanol–water partition coefficient (Wildman–Crippen LogP) is 4.18. The molecule has 1 aliphatic rings. The van der Waals surface area contributed by atoms with Gasteiger partial charge in [0, 0.05) is 25.3 Å². The number of halogens is 1. The number of anilines is 1. The normalized spacial score (nSPS) is 13.1. The van der Waals surface area contributed by atoms with Gasteiger partial charge in [0.2, 0.25) is 10.0 Å². The monoisotopic (exact) mass is 472 g/mol. The van der Waals surface area contributed by atoms with Gasteiger partial charge in [0.05, 0.1) is 15.5 Å². The molecule has 3 aromatic carbocycles. The lowest BCUT2D eigenvalue weighted by atomic mass is 10.2. The second-order valence-corrected chi connectivity index (χ2v) is 9.65. The van der Waals surface area contributed by atoms with E-state index in [1.54, 1.807) is 18.2 Å². The van der Waals surface area contributed by atoms with Crippen molar-refractivity contribution in [3.05, 3.63) is 82.9 Å². The molecular weight excluding hydrogens is 452 g/mol. The van der Waals surface area contributed by atoms with Crippen molar-refractivity contribution >= 4 is 33.2 Å². The van der Waals surface area contributed by atoms with Gasteiger partial charge in [-0.1, -0.05) is 41.9 Å². The molecule has 0 aromatic heterocycles. The lowest BCUT2D eigenvalue weighted by Crippen LogP contribution is -2.27. The topological polar surface area (TPSA) is 84.9 Å². The van der Waals surface area contributed by atoms with E-state index in [0.717, 1.165) is 5.56 Å². The van der Waals surface area contributed by atoms with Gasteiger partial charge in [-0.15, -0.1) is 0 Å². The first kappa shape index (κ1) is 22.1. The number of hydrogen-bond acceptors (Lipinski definition) is 5. The first-order valence-corrected chi connectivity index (χ1v) is 11.7. The van der Waals surface area contributed by atoms with Crippen LogP contribution in [0.4, 0.5) is 5.69 Å². The fourth-order valence-electron chi connectivity index (χ4n) is 3.26. The maximum Gasteiger partial charge on any atom is 0.257 e. The van der Waals surface area contributed by atoms with E-state index in [2.05, 4.69) is 5.32 Å². The highest BCUT2D eigenvalue weighted by atomic mass is 35.5. The molecule has 32 heavy (non-hydrogen) atoms. The molecule has 7 nitrogen and oxygen atoms in total. The van der Waals surface area contributed by atoms with Crippen molar-refractivity contribution in [2.24, 2.45) is 0 Å². The van der Waals surface area contributed by atoms with Crippen LogP contribution in [0.5, 0.6) is 11.5 Å². The molecule has 0 aliphatic carbocycles. The minimum Gasteiger partial charge on any atom is -0.486 e. The molecule has 1 amide bonds. The summed E-state index contributed by atoms with van der Waals surface area (Å²) in [5, 5.41) is 2.87. The Morgan fingerprint density at radius 2 is 1.72 bits per heavy atom. The lowest BCUT2D eigenvalue weighted by molar-refractivity contribution is 0.102. The second-order valence-electron chi connectivity index (χ2n) is 7.20. The highest BCUT2D eigenvalue weighted by molar-refractivity contribution is 7.89. The van der Waals surface area contributed by atoms with E-state index >= 15 is 0 Å². The first-order chi connectivity index (χ1) is 15.3. The average Bonchev–Trinajstić information content (AvgIpc) is 2.79. The Morgan fingerprint density at radius 3 is 2.47 bits per heavy atom. The Balaban J connectivity index is 1.56. The Hall–Kier alpha value is -3.07. The molecule has 0 saturated carbocycles. The van der Waals surface area contributed by atoms with E-state index in [-0.39, 0.29) is 22.0 Å². The third kappa shape index (κ3) is 4.72. The van der Waals surface area contributed by atoms with Gasteiger partial charge in [0.1, 0.15) is 13.2 Å². The third-order valence-electron chi connectivity index (χ3n) is 4.94. The number of nitrogens with zero attached hydrogens (tertiary/aromatic N) is 1. The van der Waals surface area contributed by atoms with Crippen LogP contribution < -0.4 is 14.8 Å². The van der Waals surface area contributed by atoms with Crippen molar-refractivity contribution in [1.29, 1.82) is 0 Å². The minimum absolute atomic E-state index is 0.0207. The Labute approximate surface area is 191 Å². The molecule has 4 rings (SSSR count). The second kappa shape index (κ2) is 9.20. The number of sulfonamides is 1. The molecule has 1 aliphatic heterocycles. The van der Waals surface area contributed by atoms with E-state index in [0.29, 0.717) is 30.4 Å². The molecular formula is C23H21ClN2O5S. The Morgan fingerprint density at radius 1 is 1.00 bits per heavy atom. The Kier molecular flexibility index (Phi) is 6.36. The highest BCUT2D eigenvalue weighted by Gasteiger charge is 2.24. The van der Waals surface area contributed by atoms with Gasteiger partial charge >= 0.3 is 0 Å². The summed E-state index contributed by atoms with van der Waals surface area (Å²) >= 11 is 6.22. The molecule has 0 fully saturated rings. The highest BCUT2D eigenvalue weighted by Crippen LogP contribution is 2.33. The lowest BCUT2D eigenvalue weighted by Gasteiger charge is -2.19. The van der Waals surface area contributed by atoms with Crippen molar-refractivity contribution in [1.82, 2.24) is 4.31 Å². The van der Waals surface area contributed by atoms with Gasteiger partial charge in [0.15, 0.2) is 11.5 Å². The van der Waals surface area contributed by atoms with Gasteiger partial charge in [-0.2, -0.15) is 4.31 Å². The van der Waals surface area contributed by atoms with Crippen molar-refractivity contribution < 1.29 is 22.7 Å². The number of hydrogen-bond donors (Lipinski definition) is 1. The maximum atomic E-state index is 13.1. The maximum absolute atomic E-state index is 13.1. The zero-order valence-corrected chi connectivity index (χ0v) is 18.8. The zero-order chi connectivity index (χ0) is 22.7.